The molecule has 0 unspecified atom stereocenters. The number of carbonyl (C=O) groups is 2. The van der Waals surface area contributed by atoms with Gasteiger partial charge in [-0.3, -0.25) is 9.59 Å². The minimum atomic E-state index is -1.93. The number of rotatable bonds is 5. The first-order valence-electron chi connectivity index (χ1n) is 12.5. The Morgan fingerprint density at radius 3 is 2.64 bits per heavy atom. The molecule has 0 fully saturated rings. The van der Waals surface area contributed by atoms with Crippen molar-refractivity contribution in [2.24, 2.45) is 0 Å². The Hall–Kier alpha value is -4.44. The number of aliphatic hydroxyl groups excluding tert-OH is 1. The van der Waals surface area contributed by atoms with Crippen molar-refractivity contribution in [2.75, 3.05) is 0 Å². The summed E-state index contributed by atoms with van der Waals surface area (Å²) < 4.78 is 6.65. The average Bonchev–Trinajstić information content (AvgIpc) is 3.30. The molecule has 196 valence electrons. The van der Waals surface area contributed by atoms with Crippen LogP contribution in [-0.4, -0.2) is 36.6 Å². The van der Waals surface area contributed by atoms with Gasteiger partial charge in [0.2, 0.25) is 0 Å². The lowest BCUT2D eigenvalue weighted by Crippen LogP contribution is -2.44. The number of nitrogens with zero attached hydrogens (tertiary/aromatic N) is 2. The van der Waals surface area contributed by atoms with Crippen LogP contribution in [0.2, 0.25) is 0 Å². The molecular weight excluding hydrogens is 500 g/mol. The third-order valence-corrected chi connectivity index (χ3v) is 7.45. The van der Waals surface area contributed by atoms with E-state index in [-0.39, 0.29) is 47.6 Å². The van der Waals surface area contributed by atoms with E-state index in [1.807, 2.05) is 12.1 Å². The number of esters is 1. The molecule has 0 saturated carbocycles. The third-order valence-electron chi connectivity index (χ3n) is 7.45. The van der Waals surface area contributed by atoms with Crippen molar-refractivity contribution < 1.29 is 29.6 Å². The van der Waals surface area contributed by atoms with Crippen LogP contribution in [0.4, 0.5) is 0 Å². The standard InChI is InChI=1S/C30H24N2O7/c1-2-30(38)22-13-24-26-19(14-32(24)27(34)21(22)15-39-29(30)37)11-20-17(10-18(28(35)36)12-23(20)31-26)8-9-25(33)16-6-4-3-5-7-16/h3-13,28,35-36,38H,2,14-15H2,1H3/t30-/m0/s1. The first-order chi connectivity index (χ1) is 18.7. The molecule has 2 aliphatic heterocycles. The zero-order valence-corrected chi connectivity index (χ0v) is 20.9. The first kappa shape index (κ1) is 24.9. The first-order valence-corrected chi connectivity index (χ1v) is 12.5. The Morgan fingerprint density at radius 1 is 1.15 bits per heavy atom. The monoisotopic (exact) mass is 524 g/mol. The van der Waals surface area contributed by atoms with E-state index >= 15 is 0 Å². The van der Waals surface area contributed by atoms with Gasteiger partial charge in [-0.25, -0.2) is 9.78 Å². The molecule has 4 heterocycles. The maximum atomic E-state index is 13.4. The number of cyclic esters (lactones) is 1. The summed E-state index contributed by atoms with van der Waals surface area (Å²) in [7, 11) is 0. The Balaban J connectivity index is 1.51. The molecule has 0 saturated heterocycles. The normalized spacial score (nSPS) is 17.8. The van der Waals surface area contributed by atoms with Gasteiger partial charge in [0.05, 0.1) is 29.0 Å². The Kier molecular flexibility index (Phi) is 5.80. The summed E-state index contributed by atoms with van der Waals surface area (Å²) in [4.78, 5) is 43.3. The van der Waals surface area contributed by atoms with Crippen LogP contribution in [0.15, 0.2) is 65.5 Å². The number of carbonyl (C=O) groups excluding carboxylic acids is 2. The topological polar surface area (TPSA) is 139 Å². The van der Waals surface area contributed by atoms with Crippen LogP contribution < -0.4 is 5.56 Å². The summed E-state index contributed by atoms with van der Waals surface area (Å²) in [5, 5.41) is 31.5. The number of allylic oxidation sites excluding steroid dienone is 1. The molecule has 4 aromatic rings. The van der Waals surface area contributed by atoms with E-state index in [0.717, 1.165) is 5.56 Å². The fraction of sp³-hybridized carbons (Fsp3) is 0.200. The summed E-state index contributed by atoms with van der Waals surface area (Å²) in [5.74, 6) is -1.01. The maximum Gasteiger partial charge on any atom is 0.343 e. The molecule has 9 heteroatoms. The molecule has 2 aromatic carbocycles. The van der Waals surface area contributed by atoms with Gasteiger partial charge >= 0.3 is 5.97 Å². The van der Waals surface area contributed by atoms with Gasteiger partial charge < -0.3 is 24.6 Å². The van der Waals surface area contributed by atoms with Crippen molar-refractivity contribution in [2.45, 2.75) is 38.4 Å². The maximum absolute atomic E-state index is 13.4. The number of pyridine rings is 2. The van der Waals surface area contributed by atoms with Gasteiger partial charge in [0.1, 0.15) is 6.61 Å². The predicted octanol–water partition coefficient (Wildman–Crippen LogP) is 2.96. The summed E-state index contributed by atoms with van der Waals surface area (Å²) in [6.07, 6.45) is 1.29. The van der Waals surface area contributed by atoms with Crippen molar-refractivity contribution in [3.63, 3.8) is 0 Å². The van der Waals surface area contributed by atoms with Crippen molar-refractivity contribution in [3.8, 4) is 11.4 Å². The third kappa shape index (κ3) is 3.90. The molecule has 1 atom stereocenters. The summed E-state index contributed by atoms with van der Waals surface area (Å²) >= 11 is 0. The largest absolute Gasteiger partial charge is 0.458 e. The molecule has 39 heavy (non-hydrogen) atoms. The number of aromatic nitrogens is 2. The van der Waals surface area contributed by atoms with Crippen molar-refractivity contribution in [1.82, 2.24) is 9.55 Å². The van der Waals surface area contributed by atoms with Gasteiger partial charge in [0, 0.05) is 27.6 Å². The van der Waals surface area contributed by atoms with Crippen LogP contribution in [0.1, 0.15) is 57.8 Å². The van der Waals surface area contributed by atoms with Gasteiger partial charge in [-0.05, 0) is 42.3 Å². The molecule has 2 aromatic heterocycles. The van der Waals surface area contributed by atoms with Crippen molar-refractivity contribution in [1.29, 1.82) is 0 Å². The Labute approximate surface area is 222 Å². The number of hydrogen-bond acceptors (Lipinski definition) is 8. The smallest absolute Gasteiger partial charge is 0.343 e. The predicted molar refractivity (Wildman–Crippen MR) is 142 cm³/mol. The van der Waals surface area contributed by atoms with E-state index in [9.17, 15) is 29.7 Å². The molecule has 0 bridgehead atoms. The van der Waals surface area contributed by atoms with Crippen LogP contribution in [0, 0.1) is 0 Å². The lowest BCUT2D eigenvalue weighted by Gasteiger charge is -2.31. The molecule has 0 spiro atoms. The van der Waals surface area contributed by atoms with Gasteiger partial charge in [-0.15, -0.1) is 0 Å². The molecule has 2 aliphatic rings. The van der Waals surface area contributed by atoms with Crippen LogP contribution >= 0.6 is 0 Å². The molecular formula is C30H24N2O7. The molecule has 6 rings (SSSR count). The Bertz CT molecular complexity index is 1770. The summed E-state index contributed by atoms with van der Waals surface area (Å²) in [6, 6.07) is 15.4. The van der Waals surface area contributed by atoms with Crippen LogP contribution in [-0.2, 0) is 28.3 Å². The quantitative estimate of drug-likeness (QED) is 0.138. The Morgan fingerprint density at radius 2 is 1.92 bits per heavy atom. The number of benzene rings is 2. The van der Waals surface area contributed by atoms with Gasteiger partial charge in [0.25, 0.3) is 5.56 Å². The molecule has 0 radical (unpaired) electrons. The highest BCUT2D eigenvalue weighted by molar-refractivity contribution is 6.07. The zero-order chi connectivity index (χ0) is 27.5. The highest BCUT2D eigenvalue weighted by Gasteiger charge is 2.45. The second kappa shape index (κ2) is 9.09. The van der Waals surface area contributed by atoms with Crippen molar-refractivity contribution in [3.05, 3.63) is 104 Å². The summed E-state index contributed by atoms with van der Waals surface area (Å²) in [6.45, 7) is 1.64. The molecule has 0 amide bonds. The number of ether oxygens (including phenoxy) is 1. The van der Waals surface area contributed by atoms with Gasteiger partial charge in [0.15, 0.2) is 17.7 Å². The van der Waals surface area contributed by atoms with E-state index in [1.165, 1.54) is 16.7 Å². The number of aliphatic hydroxyl groups is 3. The fourth-order valence-electron chi connectivity index (χ4n) is 5.28. The van der Waals surface area contributed by atoms with E-state index in [2.05, 4.69) is 0 Å². The van der Waals surface area contributed by atoms with E-state index in [1.54, 1.807) is 49.4 Å². The average molecular weight is 525 g/mol. The highest BCUT2D eigenvalue weighted by Crippen LogP contribution is 2.39. The SMILES string of the molecule is CC[C@@]1(O)C(=O)OCc2c1cc1n(c2=O)Cc2cc3c(C=CC(=O)c4ccccc4)cc(C(O)O)cc3nc2-1. The lowest BCUT2D eigenvalue weighted by atomic mass is 9.86. The lowest BCUT2D eigenvalue weighted by molar-refractivity contribution is -0.172. The van der Waals surface area contributed by atoms with Gasteiger partial charge in [-0.2, -0.15) is 0 Å². The number of hydrogen-bond donors (Lipinski definition) is 3. The second-order valence-electron chi connectivity index (χ2n) is 9.71. The van der Waals surface area contributed by atoms with E-state index < -0.39 is 17.9 Å². The minimum absolute atomic E-state index is 0.0366. The highest BCUT2D eigenvalue weighted by atomic mass is 16.6. The molecule has 9 nitrogen and oxygen atoms in total. The minimum Gasteiger partial charge on any atom is -0.458 e. The summed E-state index contributed by atoms with van der Waals surface area (Å²) in [5.41, 5.74) is 1.49. The molecule has 3 N–H and O–H groups in total. The fourth-order valence-corrected chi connectivity index (χ4v) is 5.28. The van der Waals surface area contributed by atoms with Crippen LogP contribution in [0.25, 0.3) is 28.4 Å². The zero-order valence-electron chi connectivity index (χ0n) is 20.9. The molecule has 0 aliphatic carbocycles. The van der Waals surface area contributed by atoms with Crippen LogP contribution in [0.3, 0.4) is 0 Å². The number of fused-ring (bicyclic) bond motifs is 5. The number of ketones is 1. The van der Waals surface area contributed by atoms with Crippen molar-refractivity contribution >= 4 is 28.7 Å². The second-order valence-corrected chi connectivity index (χ2v) is 9.71. The van der Waals surface area contributed by atoms with Gasteiger partial charge in [-0.1, -0.05) is 43.3 Å². The van der Waals surface area contributed by atoms with E-state index in [0.29, 0.717) is 33.4 Å². The van der Waals surface area contributed by atoms with E-state index in [4.69, 9.17) is 9.72 Å². The van der Waals surface area contributed by atoms with Crippen LogP contribution in [0.5, 0.6) is 0 Å².